The Balaban J connectivity index is 2.85. The number of hydrogen-bond donors (Lipinski definition) is 0. The maximum atomic E-state index is 11.3. The van der Waals surface area contributed by atoms with Gasteiger partial charge >= 0.3 is 5.63 Å². The topological polar surface area (TPSA) is 56.0 Å². The molecule has 2 aromatic rings. The standard InChI is InChI=1S/C8H5ClN2O2/c9-4-6-11-7-5(8(12)13-6)2-1-3-10-7/h1-3H,4H2. The predicted molar refractivity (Wildman–Crippen MR) is 47.6 cm³/mol. The first kappa shape index (κ1) is 8.19. The number of halogens is 1. The van der Waals surface area contributed by atoms with E-state index < -0.39 is 5.63 Å². The second kappa shape index (κ2) is 3.14. The van der Waals surface area contributed by atoms with E-state index in [4.69, 9.17) is 16.0 Å². The second-order valence-electron chi connectivity index (χ2n) is 2.40. The summed E-state index contributed by atoms with van der Waals surface area (Å²) in [6.45, 7) is 0. The summed E-state index contributed by atoms with van der Waals surface area (Å²) in [6, 6.07) is 3.26. The Kier molecular flexibility index (Phi) is 1.98. The zero-order valence-corrected chi connectivity index (χ0v) is 7.28. The van der Waals surface area contributed by atoms with Crippen LogP contribution in [-0.2, 0) is 5.88 Å². The van der Waals surface area contributed by atoms with Gasteiger partial charge in [-0.1, -0.05) is 0 Å². The van der Waals surface area contributed by atoms with Crippen molar-refractivity contribution >= 4 is 22.6 Å². The molecule has 0 fully saturated rings. The van der Waals surface area contributed by atoms with Crippen molar-refractivity contribution in [2.24, 2.45) is 0 Å². The molecule has 13 heavy (non-hydrogen) atoms. The average Bonchev–Trinajstić information content (AvgIpc) is 2.18. The van der Waals surface area contributed by atoms with Gasteiger partial charge in [-0.05, 0) is 12.1 Å². The van der Waals surface area contributed by atoms with Crippen LogP contribution in [0, 0.1) is 0 Å². The number of pyridine rings is 1. The van der Waals surface area contributed by atoms with Gasteiger partial charge in [0.2, 0.25) is 5.89 Å². The van der Waals surface area contributed by atoms with Gasteiger partial charge in [0.1, 0.15) is 5.39 Å². The van der Waals surface area contributed by atoms with Gasteiger partial charge in [0.05, 0.1) is 5.88 Å². The highest BCUT2D eigenvalue weighted by Gasteiger charge is 2.04. The highest BCUT2D eigenvalue weighted by Crippen LogP contribution is 2.05. The number of rotatable bonds is 1. The molecular formula is C8H5ClN2O2. The van der Waals surface area contributed by atoms with E-state index >= 15 is 0 Å². The van der Waals surface area contributed by atoms with Crippen LogP contribution >= 0.6 is 11.6 Å². The molecule has 4 nitrogen and oxygen atoms in total. The Morgan fingerprint density at radius 3 is 3.15 bits per heavy atom. The molecule has 0 aromatic carbocycles. The second-order valence-corrected chi connectivity index (χ2v) is 2.67. The summed E-state index contributed by atoms with van der Waals surface area (Å²) in [6.07, 6.45) is 1.56. The van der Waals surface area contributed by atoms with Crippen LogP contribution < -0.4 is 5.63 Å². The highest BCUT2D eigenvalue weighted by molar-refractivity contribution is 6.16. The highest BCUT2D eigenvalue weighted by atomic mass is 35.5. The average molecular weight is 197 g/mol. The van der Waals surface area contributed by atoms with Gasteiger partial charge in [0, 0.05) is 6.20 Å². The van der Waals surface area contributed by atoms with Gasteiger partial charge in [-0.25, -0.2) is 9.78 Å². The smallest absolute Gasteiger partial charge is 0.348 e. The Bertz CT molecular complexity index is 495. The monoisotopic (exact) mass is 196 g/mol. The van der Waals surface area contributed by atoms with E-state index in [1.54, 1.807) is 18.3 Å². The molecule has 66 valence electrons. The quantitative estimate of drug-likeness (QED) is 0.646. The Labute approximate surface area is 78.2 Å². The van der Waals surface area contributed by atoms with Crippen molar-refractivity contribution in [3.05, 3.63) is 34.6 Å². The number of aromatic nitrogens is 2. The lowest BCUT2D eigenvalue weighted by atomic mass is 10.3. The fourth-order valence-corrected chi connectivity index (χ4v) is 1.12. The SMILES string of the molecule is O=c1oc(CCl)nc2ncccc12. The molecule has 0 spiro atoms. The van der Waals surface area contributed by atoms with Crippen molar-refractivity contribution in [2.75, 3.05) is 0 Å². The van der Waals surface area contributed by atoms with Gasteiger partial charge in [-0.3, -0.25) is 0 Å². The van der Waals surface area contributed by atoms with Crippen LogP contribution in [0.3, 0.4) is 0 Å². The minimum atomic E-state index is -0.450. The first-order valence-electron chi connectivity index (χ1n) is 3.62. The molecule has 0 saturated heterocycles. The number of fused-ring (bicyclic) bond motifs is 1. The molecule has 2 aromatic heterocycles. The van der Waals surface area contributed by atoms with Gasteiger partial charge in [0.25, 0.3) is 0 Å². The molecule has 0 aliphatic carbocycles. The van der Waals surface area contributed by atoms with E-state index in [9.17, 15) is 4.79 Å². The van der Waals surface area contributed by atoms with Crippen molar-refractivity contribution in [2.45, 2.75) is 5.88 Å². The van der Waals surface area contributed by atoms with Crippen LogP contribution in [0.5, 0.6) is 0 Å². The molecule has 0 bridgehead atoms. The first-order valence-corrected chi connectivity index (χ1v) is 4.15. The zero-order chi connectivity index (χ0) is 9.26. The molecule has 0 saturated carbocycles. The van der Waals surface area contributed by atoms with Crippen LogP contribution in [0.1, 0.15) is 5.89 Å². The summed E-state index contributed by atoms with van der Waals surface area (Å²) in [4.78, 5) is 19.1. The minimum absolute atomic E-state index is 0.0712. The molecule has 2 rings (SSSR count). The van der Waals surface area contributed by atoms with Gasteiger partial charge in [-0.2, -0.15) is 4.98 Å². The summed E-state index contributed by atoms with van der Waals surface area (Å²) < 4.78 is 4.80. The minimum Gasteiger partial charge on any atom is -0.406 e. The van der Waals surface area contributed by atoms with Crippen LogP contribution in [0.2, 0.25) is 0 Å². The molecule has 0 amide bonds. The van der Waals surface area contributed by atoms with E-state index in [0.717, 1.165) is 0 Å². The fraction of sp³-hybridized carbons (Fsp3) is 0.125. The Hall–Kier alpha value is -1.42. The molecule has 0 aliphatic rings. The summed E-state index contributed by atoms with van der Waals surface area (Å²) in [5, 5.41) is 0.372. The van der Waals surface area contributed by atoms with Crippen molar-refractivity contribution in [3.63, 3.8) is 0 Å². The fourth-order valence-electron chi connectivity index (χ4n) is 1.01. The van der Waals surface area contributed by atoms with Gasteiger partial charge in [0.15, 0.2) is 5.65 Å². The molecule has 0 unspecified atom stereocenters. The normalized spacial score (nSPS) is 10.5. The summed E-state index contributed by atoms with van der Waals surface area (Å²) in [5.41, 5.74) is -0.0804. The summed E-state index contributed by atoms with van der Waals surface area (Å²) in [7, 11) is 0. The largest absolute Gasteiger partial charge is 0.406 e. The summed E-state index contributed by atoms with van der Waals surface area (Å²) in [5.74, 6) is 0.264. The molecule has 5 heteroatoms. The van der Waals surface area contributed by atoms with Crippen LogP contribution in [0.4, 0.5) is 0 Å². The molecule has 0 atom stereocenters. The lowest BCUT2D eigenvalue weighted by Crippen LogP contribution is -2.04. The number of hydrogen-bond acceptors (Lipinski definition) is 4. The van der Waals surface area contributed by atoms with Crippen LogP contribution in [0.25, 0.3) is 11.0 Å². The van der Waals surface area contributed by atoms with Gasteiger partial charge < -0.3 is 4.42 Å². The maximum absolute atomic E-state index is 11.3. The predicted octanol–water partition coefficient (Wildman–Crippen LogP) is 1.32. The molecule has 0 N–H and O–H groups in total. The molecule has 0 radical (unpaired) electrons. The molecule has 0 aliphatic heterocycles. The maximum Gasteiger partial charge on any atom is 0.348 e. The van der Waals surface area contributed by atoms with E-state index in [1.807, 2.05) is 0 Å². The Morgan fingerprint density at radius 1 is 1.54 bits per heavy atom. The zero-order valence-electron chi connectivity index (χ0n) is 6.53. The Morgan fingerprint density at radius 2 is 2.38 bits per heavy atom. The lowest BCUT2D eigenvalue weighted by Gasteiger charge is -1.95. The number of alkyl halides is 1. The molecular weight excluding hydrogens is 192 g/mol. The van der Waals surface area contributed by atoms with E-state index in [2.05, 4.69) is 9.97 Å². The van der Waals surface area contributed by atoms with Crippen molar-refractivity contribution < 1.29 is 4.42 Å². The molecule has 2 heterocycles. The van der Waals surface area contributed by atoms with E-state index in [1.165, 1.54) is 0 Å². The van der Waals surface area contributed by atoms with Crippen molar-refractivity contribution in [3.8, 4) is 0 Å². The third-order valence-corrected chi connectivity index (χ3v) is 1.79. The lowest BCUT2D eigenvalue weighted by molar-refractivity contribution is 0.461. The van der Waals surface area contributed by atoms with Crippen LogP contribution in [0.15, 0.2) is 27.5 Å². The van der Waals surface area contributed by atoms with Crippen molar-refractivity contribution in [1.29, 1.82) is 0 Å². The first-order chi connectivity index (χ1) is 6.31. The van der Waals surface area contributed by atoms with E-state index in [-0.39, 0.29) is 11.8 Å². The number of nitrogens with zero attached hydrogens (tertiary/aromatic N) is 2. The van der Waals surface area contributed by atoms with Crippen LogP contribution in [-0.4, -0.2) is 9.97 Å². The summed E-state index contributed by atoms with van der Waals surface area (Å²) >= 11 is 5.48. The third-order valence-electron chi connectivity index (χ3n) is 1.56. The van der Waals surface area contributed by atoms with E-state index in [0.29, 0.717) is 11.0 Å². The van der Waals surface area contributed by atoms with Crippen molar-refractivity contribution in [1.82, 2.24) is 9.97 Å². The van der Waals surface area contributed by atoms with Gasteiger partial charge in [-0.15, -0.1) is 11.6 Å². The third kappa shape index (κ3) is 1.40.